The molecular formula is C13H16ClF3O2S. The molecule has 0 aromatic carbocycles. The number of hydrogen-bond donors (Lipinski definition) is 0. The summed E-state index contributed by atoms with van der Waals surface area (Å²) in [4.78, 5) is 11.8. The maximum absolute atomic E-state index is 12.9. The molecule has 0 aromatic heterocycles. The quantitative estimate of drug-likeness (QED) is 0.690. The smallest absolute Gasteiger partial charge is 0.392 e. The summed E-state index contributed by atoms with van der Waals surface area (Å²) in [6, 6.07) is 0. The van der Waals surface area contributed by atoms with E-state index in [4.69, 9.17) is 16.3 Å². The fourth-order valence-corrected chi connectivity index (χ4v) is 3.22. The second-order valence-corrected chi connectivity index (χ2v) is 6.11. The minimum absolute atomic E-state index is 0.00972. The van der Waals surface area contributed by atoms with E-state index in [0.29, 0.717) is 12.2 Å². The molecule has 0 spiro atoms. The van der Waals surface area contributed by atoms with Crippen LogP contribution in [0.5, 0.6) is 0 Å². The highest BCUT2D eigenvalue weighted by Crippen LogP contribution is 2.40. The Morgan fingerprint density at radius 1 is 1.55 bits per heavy atom. The van der Waals surface area contributed by atoms with Crippen molar-refractivity contribution < 1.29 is 22.7 Å². The molecule has 0 saturated carbocycles. The number of ether oxygens (including phenoxy) is 1. The van der Waals surface area contributed by atoms with Crippen molar-refractivity contribution in [2.45, 2.75) is 32.4 Å². The molecule has 1 heterocycles. The first-order chi connectivity index (χ1) is 9.27. The van der Waals surface area contributed by atoms with Crippen LogP contribution in [0.3, 0.4) is 0 Å². The monoisotopic (exact) mass is 328 g/mol. The third-order valence-corrected chi connectivity index (χ3v) is 4.38. The van der Waals surface area contributed by atoms with Crippen LogP contribution in [0.15, 0.2) is 22.1 Å². The van der Waals surface area contributed by atoms with E-state index in [1.165, 1.54) is 0 Å². The second-order valence-electron chi connectivity index (χ2n) is 4.41. The van der Waals surface area contributed by atoms with Gasteiger partial charge in [0.1, 0.15) is 0 Å². The molecule has 0 saturated heterocycles. The number of carbonyl (C=O) groups is 1. The molecule has 0 aliphatic carbocycles. The zero-order valence-corrected chi connectivity index (χ0v) is 12.6. The van der Waals surface area contributed by atoms with Gasteiger partial charge in [-0.15, -0.1) is 11.8 Å². The van der Waals surface area contributed by atoms with Crippen molar-refractivity contribution in [3.8, 4) is 0 Å². The van der Waals surface area contributed by atoms with Crippen LogP contribution in [-0.4, -0.2) is 24.5 Å². The zero-order valence-electron chi connectivity index (χ0n) is 11.1. The van der Waals surface area contributed by atoms with Crippen molar-refractivity contribution in [1.82, 2.24) is 0 Å². The number of rotatable bonds is 2. The topological polar surface area (TPSA) is 26.3 Å². The molecule has 0 aromatic rings. The lowest BCUT2D eigenvalue weighted by molar-refractivity contribution is -0.176. The van der Waals surface area contributed by atoms with Crippen LogP contribution in [0, 0.1) is 5.92 Å². The Balaban J connectivity index is 3.03. The van der Waals surface area contributed by atoms with E-state index in [-0.39, 0.29) is 35.0 Å². The molecule has 0 N–H and O–H groups in total. The lowest BCUT2D eigenvalue weighted by Crippen LogP contribution is -2.24. The Kier molecular flexibility index (Phi) is 6.45. The van der Waals surface area contributed by atoms with Crippen molar-refractivity contribution >= 4 is 29.3 Å². The number of halogens is 4. The van der Waals surface area contributed by atoms with Crippen LogP contribution in [0.1, 0.15) is 26.2 Å². The normalized spacial score (nSPS) is 22.1. The standard InChI is InChI=1S/C13H16ClF3O2S/c1-3-19-12(18)10-8(2)7-9(13(15,16)17)5-4-6-20-11(10)14/h9H,2-7H2,1H3. The van der Waals surface area contributed by atoms with Crippen LogP contribution < -0.4 is 0 Å². The number of thioether (sulfide) groups is 1. The molecule has 1 rings (SSSR count). The first kappa shape index (κ1) is 17.4. The van der Waals surface area contributed by atoms with Gasteiger partial charge in [-0.1, -0.05) is 18.2 Å². The fourth-order valence-electron chi connectivity index (χ4n) is 1.91. The molecule has 1 atom stereocenters. The predicted octanol–water partition coefficient (Wildman–Crippen LogP) is 4.65. The maximum Gasteiger partial charge on any atom is 0.392 e. The molecule has 1 aliphatic heterocycles. The van der Waals surface area contributed by atoms with Gasteiger partial charge in [0.25, 0.3) is 0 Å². The Bertz CT molecular complexity index is 418. The van der Waals surface area contributed by atoms with Crippen molar-refractivity contribution in [2.24, 2.45) is 5.92 Å². The molecule has 1 aliphatic rings. The van der Waals surface area contributed by atoms with Crippen molar-refractivity contribution in [3.63, 3.8) is 0 Å². The third kappa shape index (κ3) is 4.74. The van der Waals surface area contributed by atoms with E-state index in [0.717, 1.165) is 11.8 Å². The summed E-state index contributed by atoms with van der Waals surface area (Å²) in [7, 11) is 0. The molecule has 20 heavy (non-hydrogen) atoms. The lowest BCUT2D eigenvalue weighted by Gasteiger charge is -2.21. The van der Waals surface area contributed by atoms with Crippen LogP contribution >= 0.6 is 23.4 Å². The summed E-state index contributed by atoms with van der Waals surface area (Å²) >= 11 is 7.18. The number of esters is 1. The molecule has 0 radical (unpaired) electrons. The molecule has 114 valence electrons. The summed E-state index contributed by atoms with van der Waals surface area (Å²) in [5.41, 5.74) is 0.0693. The number of hydrogen-bond acceptors (Lipinski definition) is 3. The molecule has 1 unspecified atom stereocenters. The molecule has 0 amide bonds. The first-order valence-corrected chi connectivity index (χ1v) is 7.58. The van der Waals surface area contributed by atoms with Gasteiger partial charge in [0.2, 0.25) is 0 Å². The van der Waals surface area contributed by atoms with Crippen LogP contribution in [0.25, 0.3) is 0 Å². The van der Waals surface area contributed by atoms with Gasteiger partial charge in [-0.25, -0.2) is 4.79 Å². The van der Waals surface area contributed by atoms with E-state index in [1.807, 2.05) is 0 Å². The maximum atomic E-state index is 12.9. The fraction of sp³-hybridized carbons (Fsp3) is 0.615. The van der Waals surface area contributed by atoms with Gasteiger partial charge in [0.05, 0.1) is 22.5 Å². The molecular weight excluding hydrogens is 313 g/mol. The van der Waals surface area contributed by atoms with Gasteiger partial charge in [-0.05, 0) is 37.5 Å². The summed E-state index contributed by atoms with van der Waals surface area (Å²) in [6.07, 6.45) is -4.23. The third-order valence-electron chi connectivity index (χ3n) is 2.91. The lowest BCUT2D eigenvalue weighted by atomic mass is 9.92. The van der Waals surface area contributed by atoms with Crippen LogP contribution in [0.4, 0.5) is 13.2 Å². The highest BCUT2D eigenvalue weighted by atomic mass is 35.5. The van der Waals surface area contributed by atoms with Gasteiger partial charge in [0, 0.05) is 0 Å². The van der Waals surface area contributed by atoms with E-state index in [9.17, 15) is 18.0 Å². The minimum atomic E-state index is -4.30. The highest BCUT2D eigenvalue weighted by Gasteiger charge is 2.40. The number of carbonyl (C=O) groups excluding carboxylic acids is 1. The van der Waals surface area contributed by atoms with Crippen LogP contribution in [0.2, 0.25) is 0 Å². The van der Waals surface area contributed by atoms with E-state index >= 15 is 0 Å². The summed E-state index contributed by atoms with van der Waals surface area (Å²) in [6.45, 7) is 5.35. The summed E-state index contributed by atoms with van der Waals surface area (Å²) < 4.78 is 43.8. The van der Waals surface area contributed by atoms with E-state index < -0.39 is 18.1 Å². The SMILES string of the molecule is C=C1CC(C(F)(F)F)CCCSC(Cl)=C1C(=O)OCC. The Morgan fingerprint density at radius 2 is 2.20 bits per heavy atom. The van der Waals surface area contributed by atoms with Gasteiger partial charge in [-0.3, -0.25) is 0 Å². The second kappa shape index (κ2) is 7.41. The average molecular weight is 329 g/mol. The minimum Gasteiger partial charge on any atom is -0.462 e. The van der Waals surface area contributed by atoms with Crippen molar-refractivity contribution in [2.75, 3.05) is 12.4 Å². The highest BCUT2D eigenvalue weighted by molar-refractivity contribution is 8.04. The van der Waals surface area contributed by atoms with Crippen molar-refractivity contribution in [3.05, 3.63) is 22.1 Å². The van der Waals surface area contributed by atoms with Gasteiger partial charge >= 0.3 is 12.1 Å². The molecule has 0 bridgehead atoms. The molecule has 7 heteroatoms. The van der Waals surface area contributed by atoms with E-state index in [1.54, 1.807) is 6.92 Å². The summed E-state index contributed by atoms with van der Waals surface area (Å²) in [5, 5.41) is 0. The van der Waals surface area contributed by atoms with Crippen LogP contribution in [-0.2, 0) is 9.53 Å². The van der Waals surface area contributed by atoms with Crippen molar-refractivity contribution in [1.29, 1.82) is 0 Å². The Hall–Kier alpha value is -0.620. The van der Waals surface area contributed by atoms with Gasteiger partial charge < -0.3 is 4.74 Å². The molecule has 2 nitrogen and oxygen atoms in total. The average Bonchev–Trinajstić information content (AvgIpc) is 2.38. The number of alkyl halides is 3. The molecule has 0 fully saturated rings. The Labute approximate surface area is 125 Å². The zero-order chi connectivity index (χ0) is 15.3. The van der Waals surface area contributed by atoms with E-state index in [2.05, 4.69) is 6.58 Å². The summed E-state index contributed by atoms with van der Waals surface area (Å²) in [5.74, 6) is -1.78. The van der Waals surface area contributed by atoms with Gasteiger partial charge in [-0.2, -0.15) is 13.2 Å². The van der Waals surface area contributed by atoms with Gasteiger partial charge in [0.15, 0.2) is 0 Å². The largest absolute Gasteiger partial charge is 0.462 e. The Morgan fingerprint density at radius 3 is 2.75 bits per heavy atom. The predicted molar refractivity (Wildman–Crippen MR) is 74.5 cm³/mol. The first-order valence-electron chi connectivity index (χ1n) is 6.22.